The summed E-state index contributed by atoms with van der Waals surface area (Å²) in [4.78, 5) is 11.4. The van der Waals surface area contributed by atoms with Gasteiger partial charge in [0.1, 0.15) is 0 Å². The van der Waals surface area contributed by atoms with Crippen molar-refractivity contribution in [2.24, 2.45) is 0 Å². The van der Waals surface area contributed by atoms with Crippen molar-refractivity contribution in [1.29, 1.82) is 0 Å². The Hall–Kier alpha value is -1.75. The molecule has 0 aliphatic rings. The van der Waals surface area contributed by atoms with Gasteiger partial charge >= 0.3 is 0 Å². The maximum atomic E-state index is 11.4. The Balaban J connectivity index is 2.42. The van der Waals surface area contributed by atoms with Crippen LogP contribution in [0.1, 0.15) is 13.8 Å². The third kappa shape index (κ3) is 4.74. The van der Waals surface area contributed by atoms with Gasteiger partial charge in [-0.15, -0.1) is 0 Å². The fraction of sp³-hybridized carbons (Fsp3) is 0.417. The molecule has 0 saturated heterocycles. The average molecular weight is 238 g/mol. The summed E-state index contributed by atoms with van der Waals surface area (Å²) in [5.41, 5.74) is 5.33. The normalized spacial score (nSPS) is 10.1. The van der Waals surface area contributed by atoms with Gasteiger partial charge < -0.3 is 9.47 Å². The molecule has 1 aromatic rings. The van der Waals surface area contributed by atoms with Gasteiger partial charge in [0, 0.05) is 6.04 Å². The van der Waals surface area contributed by atoms with E-state index in [1.165, 1.54) is 0 Å². The van der Waals surface area contributed by atoms with E-state index in [0.29, 0.717) is 11.5 Å². The van der Waals surface area contributed by atoms with Gasteiger partial charge in [-0.3, -0.25) is 10.2 Å². The summed E-state index contributed by atoms with van der Waals surface area (Å²) in [6.45, 7) is 3.81. The second-order valence-corrected chi connectivity index (χ2v) is 3.79. The molecule has 1 aromatic carbocycles. The molecule has 1 amide bonds. The minimum atomic E-state index is -0.232. The third-order valence-corrected chi connectivity index (χ3v) is 1.93. The highest BCUT2D eigenvalue weighted by Gasteiger charge is 2.06. The van der Waals surface area contributed by atoms with Crippen LogP contribution in [-0.4, -0.2) is 25.7 Å². The SMILES string of the molecule is COc1ccccc1OCC(=O)NNC(C)C. The lowest BCUT2D eigenvalue weighted by molar-refractivity contribution is -0.124. The summed E-state index contributed by atoms with van der Waals surface area (Å²) in [5.74, 6) is 0.927. The number of benzene rings is 1. The lowest BCUT2D eigenvalue weighted by atomic mass is 10.3. The number of para-hydroxylation sites is 2. The highest BCUT2D eigenvalue weighted by Crippen LogP contribution is 2.25. The van der Waals surface area contributed by atoms with Crippen LogP contribution in [0.2, 0.25) is 0 Å². The molecular weight excluding hydrogens is 220 g/mol. The van der Waals surface area contributed by atoms with E-state index in [1.54, 1.807) is 19.2 Å². The van der Waals surface area contributed by atoms with Crippen molar-refractivity contribution in [3.63, 3.8) is 0 Å². The Kier molecular flexibility index (Phi) is 5.29. The molecule has 0 spiro atoms. The van der Waals surface area contributed by atoms with Gasteiger partial charge in [-0.25, -0.2) is 5.43 Å². The highest BCUT2D eigenvalue weighted by molar-refractivity contribution is 5.77. The molecule has 0 aliphatic carbocycles. The van der Waals surface area contributed by atoms with Crippen molar-refractivity contribution in [3.05, 3.63) is 24.3 Å². The average Bonchev–Trinajstić information content (AvgIpc) is 2.34. The summed E-state index contributed by atoms with van der Waals surface area (Å²) >= 11 is 0. The number of methoxy groups -OCH3 is 1. The monoisotopic (exact) mass is 238 g/mol. The number of hydrogen-bond donors (Lipinski definition) is 2. The molecule has 0 radical (unpaired) electrons. The molecule has 0 aliphatic heterocycles. The first kappa shape index (κ1) is 13.3. The van der Waals surface area contributed by atoms with E-state index in [2.05, 4.69) is 10.9 Å². The van der Waals surface area contributed by atoms with Gasteiger partial charge in [0.05, 0.1) is 7.11 Å². The van der Waals surface area contributed by atoms with Crippen molar-refractivity contribution in [3.8, 4) is 11.5 Å². The quantitative estimate of drug-likeness (QED) is 0.729. The number of ether oxygens (including phenoxy) is 2. The molecule has 0 fully saturated rings. The summed E-state index contributed by atoms with van der Waals surface area (Å²) < 4.78 is 10.4. The zero-order valence-corrected chi connectivity index (χ0v) is 10.3. The zero-order chi connectivity index (χ0) is 12.7. The minimum absolute atomic E-state index is 0.0555. The number of hydrogen-bond acceptors (Lipinski definition) is 4. The van der Waals surface area contributed by atoms with E-state index in [1.807, 2.05) is 26.0 Å². The number of carbonyl (C=O) groups excluding carboxylic acids is 1. The van der Waals surface area contributed by atoms with Gasteiger partial charge in [-0.05, 0) is 26.0 Å². The molecule has 0 saturated carbocycles. The van der Waals surface area contributed by atoms with E-state index in [-0.39, 0.29) is 18.6 Å². The Morgan fingerprint density at radius 1 is 1.29 bits per heavy atom. The van der Waals surface area contributed by atoms with Crippen molar-refractivity contribution in [1.82, 2.24) is 10.9 Å². The lowest BCUT2D eigenvalue weighted by Gasteiger charge is -2.12. The maximum absolute atomic E-state index is 11.4. The lowest BCUT2D eigenvalue weighted by Crippen LogP contribution is -2.43. The van der Waals surface area contributed by atoms with Crippen LogP contribution in [0.3, 0.4) is 0 Å². The fourth-order valence-corrected chi connectivity index (χ4v) is 1.14. The van der Waals surface area contributed by atoms with Crippen LogP contribution in [0.5, 0.6) is 11.5 Å². The molecule has 0 heterocycles. The molecular formula is C12H18N2O3. The van der Waals surface area contributed by atoms with Gasteiger partial charge in [0.15, 0.2) is 18.1 Å². The van der Waals surface area contributed by atoms with Crippen molar-refractivity contribution in [2.45, 2.75) is 19.9 Å². The van der Waals surface area contributed by atoms with Crippen molar-refractivity contribution < 1.29 is 14.3 Å². The summed E-state index contributed by atoms with van der Waals surface area (Å²) in [6.07, 6.45) is 0. The first-order valence-electron chi connectivity index (χ1n) is 5.43. The van der Waals surface area contributed by atoms with E-state index in [0.717, 1.165) is 0 Å². The Morgan fingerprint density at radius 3 is 2.53 bits per heavy atom. The van der Waals surface area contributed by atoms with Gasteiger partial charge in [0.25, 0.3) is 5.91 Å². The van der Waals surface area contributed by atoms with Crippen LogP contribution >= 0.6 is 0 Å². The van der Waals surface area contributed by atoms with Gasteiger partial charge in [-0.2, -0.15) is 0 Å². The summed E-state index contributed by atoms with van der Waals surface area (Å²) in [5, 5.41) is 0. The fourth-order valence-electron chi connectivity index (χ4n) is 1.14. The molecule has 0 unspecified atom stereocenters. The Labute approximate surface area is 101 Å². The van der Waals surface area contributed by atoms with Crippen LogP contribution in [0.25, 0.3) is 0 Å². The van der Waals surface area contributed by atoms with Crippen molar-refractivity contribution in [2.75, 3.05) is 13.7 Å². The van der Waals surface area contributed by atoms with E-state index >= 15 is 0 Å². The Morgan fingerprint density at radius 2 is 1.94 bits per heavy atom. The Bertz CT molecular complexity index is 367. The molecule has 5 nitrogen and oxygen atoms in total. The first-order chi connectivity index (χ1) is 8.13. The molecule has 5 heteroatoms. The smallest absolute Gasteiger partial charge is 0.271 e. The molecule has 94 valence electrons. The number of carbonyl (C=O) groups is 1. The number of amides is 1. The number of rotatable bonds is 6. The minimum Gasteiger partial charge on any atom is -0.493 e. The molecule has 2 N–H and O–H groups in total. The van der Waals surface area contributed by atoms with Crippen LogP contribution in [0.4, 0.5) is 0 Å². The molecule has 0 bridgehead atoms. The molecule has 1 rings (SSSR count). The second kappa shape index (κ2) is 6.75. The topological polar surface area (TPSA) is 59.6 Å². The predicted octanol–water partition coefficient (Wildman–Crippen LogP) is 1.10. The van der Waals surface area contributed by atoms with E-state index < -0.39 is 0 Å². The van der Waals surface area contributed by atoms with Crippen LogP contribution in [0.15, 0.2) is 24.3 Å². The van der Waals surface area contributed by atoms with E-state index in [4.69, 9.17) is 9.47 Å². The zero-order valence-electron chi connectivity index (χ0n) is 10.3. The van der Waals surface area contributed by atoms with Gasteiger partial charge in [-0.1, -0.05) is 12.1 Å². The predicted molar refractivity (Wildman–Crippen MR) is 64.9 cm³/mol. The standard InChI is InChI=1S/C12H18N2O3/c1-9(2)13-14-12(15)8-17-11-7-5-4-6-10(11)16-3/h4-7,9,13H,8H2,1-3H3,(H,14,15). The molecule has 0 aromatic heterocycles. The third-order valence-electron chi connectivity index (χ3n) is 1.93. The van der Waals surface area contributed by atoms with Crippen LogP contribution in [-0.2, 0) is 4.79 Å². The van der Waals surface area contributed by atoms with Crippen LogP contribution < -0.4 is 20.3 Å². The summed E-state index contributed by atoms with van der Waals surface area (Å²) in [7, 11) is 1.56. The number of hydrazine groups is 1. The van der Waals surface area contributed by atoms with Crippen LogP contribution in [0, 0.1) is 0 Å². The second-order valence-electron chi connectivity index (χ2n) is 3.79. The highest BCUT2D eigenvalue weighted by atomic mass is 16.5. The van der Waals surface area contributed by atoms with Crippen molar-refractivity contribution >= 4 is 5.91 Å². The molecule has 0 atom stereocenters. The maximum Gasteiger partial charge on any atom is 0.271 e. The first-order valence-corrected chi connectivity index (χ1v) is 5.43. The largest absolute Gasteiger partial charge is 0.493 e. The molecule has 17 heavy (non-hydrogen) atoms. The number of nitrogens with one attached hydrogen (secondary N) is 2. The summed E-state index contributed by atoms with van der Waals surface area (Å²) in [6, 6.07) is 7.38. The van der Waals surface area contributed by atoms with Gasteiger partial charge in [0.2, 0.25) is 0 Å². The van der Waals surface area contributed by atoms with E-state index in [9.17, 15) is 4.79 Å².